The van der Waals surface area contributed by atoms with Crippen LogP contribution in [0.3, 0.4) is 0 Å². The maximum absolute atomic E-state index is 4.23. The van der Waals surface area contributed by atoms with E-state index in [1.165, 1.54) is 44.2 Å². The van der Waals surface area contributed by atoms with Crippen LogP contribution < -0.4 is 0 Å². The second kappa shape index (κ2) is 6.44. The molecule has 0 bridgehead atoms. The van der Waals surface area contributed by atoms with Crippen molar-refractivity contribution in [3.63, 3.8) is 0 Å². The lowest BCUT2D eigenvalue weighted by Crippen LogP contribution is -2.06. The molecule has 3 heteroatoms. The molecule has 0 saturated carbocycles. The van der Waals surface area contributed by atoms with Gasteiger partial charge in [0.1, 0.15) is 0 Å². The minimum Gasteiger partial charge on any atom is -0.361 e. The Morgan fingerprint density at radius 1 is 0.852 bits per heavy atom. The number of hydrogen-bond acceptors (Lipinski definition) is 1. The van der Waals surface area contributed by atoms with Crippen molar-refractivity contribution in [2.75, 3.05) is 0 Å². The summed E-state index contributed by atoms with van der Waals surface area (Å²) in [5.41, 5.74) is 7.64. The number of fused-ring (bicyclic) bond motifs is 2. The summed E-state index contributed by atoms with van der Waals surface area (Å²) < 4.78 is 0. The Hall–Kier alpha value is -3.33. The standard InChI is InChI=1S/C24H21N3/c1-16-24(20-7-3-5-9-23(20)27-16)21(17-10-12-25-13-11-17)14-18-15-26-22-8-4-2-6-19(18)22/h2-13,15,21,26-27H,14H2,1H3. The first kappa shape index (κ1) is 15.9. The van der Waals surface area contributed by atoms with Gasteiger partial charge in [0.05, 0.1) is 0 Å². The lowest BCUT2D eigenvalue weighted by atomic mass is 9.85. The molecule has 0 saturated heterocycles. The quantitative estimate of drug-likeness (QED) is 0.427. The SMILES string of the molecule is Cc1[nH]c2ccccc2c1C(Cc1c[nH]c2ccccc12)c1ccncc1. The van der Waals surface area contributed by atoms with E-state index < -0.39 is 0 Å². The van der Waals surface area contributed by atoms with Crippen LogP contribution in [-0.2, 0) is 6.42 Å². The predicted molar refractivity (Wildman–Crippen MR) is 111 cm³/mol. The highest BCUT2D eigenvalue weighted by Crippen LogP contribution is 2.37. The zero-order valence-electron chi connectivity index (χ0n) is 15.2. The lowest BCUT2D eigenvalue weighted by Gasteiger charge is -2.18. The highest BCUT2D eigenvalue weighted by Gasteiger charge is 2.22. The molecule has 2 aromatic carbocycles. The van der Waals surface area contributed by atoms with Gasteiger partial charge in [-0.1, -0.05) is 36.4 Å². The van der Waals surface area contributed by atoms with Gasteiger partial charge >= 0.3 is 0 Å². The summed E-state index contributed by atoms with van der Waals surface area (Å²) >= 11 is 0. The molecule has 0 fully saturated rings. The first-order chi connectivity index (χ1) is 13.3. The molecule has 0 spiro atoms. The van der Waals surface area contributed by atoms with Gasteiger partial charge in [-0.15, -0.1) is 0 Å². The number of benzene rings is 2. The molecule has 0 radical (unpaired) electrons. The molecule has 27 heavy (non-hydrogen) atoms. The van der Waals surface area contributed by atoms with Crippen molar-refractivity contribution in [1.82, 2.24) is 15.0 Å². The zero-order valence-corrected chi connectivity index (χ0v) is 15.2. The molecule has 3 heterocycles. The van der Waals surface area contributed by atoms with Gasteiger partial charge < -0.3 is 9.97 Å². The van der Waals surface area contributed by atoms with Crippen molar-refractivity contribution in [1.29, 1.82) is 0 Å². The van der Waals surface area contributed by atoms with E-state index in [2.05, 4.69) is 88.7 Å². The lowest BCUT2D eigenvalue weighted by molar-refractivity contribution is 0.806. The fourth-order valence-electron chi connectivity index (χ4n) is 4.25. The van der Waals surface area contributed by atoms with E-state index in [1.807, 2.05) is 12.4 Å². The fraction of sp³-hybridized carbons (Fsp3) is 0.125. The first-order valence-corrected chi connectivity index (χ1v) is 9.33. The molecule has 0 amide bonds. The highest BCUT2D eigenvalue weighted by atomic mass is 14.7. The Labute approximate surface area is 158 Å². The number of nitrogens with zero attached hydrogens (tertiary/aromatic N) is 1. The monoisotopic (exact) mass is 351 g/mol. The Kier molecular flexibility index (Phi) is 3.79. The number of aromatic amines is 2. The minimum atomic E-state index is 0.267. The van der Waals surface area contributed by atoms with Gasteiger partial charge in [-0.2, -0.15) is 0 Å². The van der Waals surface area contributed by atoms with E-state index in [9.17, 15) is 0 Å². The molecule has 3 nitrogen and oxygen atoms in total. The molecule has 0 aliphatic heterocycles. The number of nitrogens with one attached hydrogen (secondary N) is 2. The predicted octanol–water partition coefficient (Wildman–Crippen LogP) is 5.73. The number of aryl methyl sites for hydroxylation is 1. The molecule has 1 unspecified atom stereocenters. The van der Waals surface area contributed by atoms with Crippen molar-refractivity contribution in [2.45, 2.75) is 19.3 Å². The van der Waals surface area contributed by atoms with Crippen molar-refractivity contribution >= 4 is 21.8 Å². The van der Waals surface area contributed by atoms with Gasteiger partial charge in [-0.25, -0.2) is 0 Å². The summed E-state index contributed by atoms with van der Waals surface area (Å²) in [5, 5.41) is 2.60. The number of pyridine rings is 1. The Morgan fingerprint density at radius 2 is 1.56 bits per heavy atom. The number of para-hydroxylation sites is 2. The third-order valence-electron chi connectivity index (χ3n) is 5.50. The van der Waals surface area contributed by atoms with Crippen LogP contribution in [0.4, 0.5) is 0 Å². The van der Waals surface area contributed by atoms with Gasteiger partial charge in [-0.3, -0.25) is 4.98 Å². The largest absolute Gasteiger partial charge is 0.361 e. The smallest absolute Gasteiger partial charge is 0.0459 e. The van der Waals surface area contributed by atoms with Crippen molar-refractivity contribution in [3.8, 4) is 0 Å². The third kappa shape index (κ3) is 2.72. The number of rotatable bonds is 4. The molecule has 132 valence electrons. The minimum absolute atomic E-state index is 0.267. The Balaban J connectivity index is 1.69. The summed E-state index contributed by atoms with van der Waals surface area (Å²) in [6.45, 7) is 2.18. The topological polar surface area (TPSA) is 44.5 Å². The summed E-state index contributed by atoms with van der Waals surface area (Å²) in [7, 11) is 0. The second-order valence-electron chi connectivity index (χ2n) is 7.11. The first-order valence-electron chi connectivity index (χ1n) is 9.33. The van der Waals surface area contributed by atoms with Crippen LogP contribution >= 0.6 is 0 Å². The van der Waals surface area contributed by atoms with Crippen molar-refractivity contribution in [2.24, 2.45) is 0 Å². The molecule has 5 aromatic rings. The maximum Gasteiger partial charge on any atom is 0.0459 e. The Bertz CT molecular complexity index is 1210. The van der Waals surface area contributed by atoms with Crippen LogP contribution in [-0.4, -0.2) is 15.0 Å². The van der Waals surface area contributed by atoms with Crippen molar-refractivity contribution < 1.29 is 0 Å². The summed E-state index contributed by atoms with van der Waals surface area (Å²) in [6, 6.07) is 21.4. The average molecular weight is 351 g/mol. The van der Waals surface area contributed by atoms with Gasteiger partial charge in [0, 0.05) is 52.0 Å². The van der Waals surface area contributed by atoms with Crippen LogP contribution in [0.5, 0.6) is 0 Å². The summed E-state index contributed by atoms with van der Waals surface area (Å²) in [6.07, 6.45) is 6.88. The van der Waals surface area contributed by atoms with Gasteiger partial charge in [0.2, 0.25) is 0 Å². The van der Waals surface area contributed by atoms with E-state index >= 15 is 0 Å². The highest BCUT2D eigenvalue weighted by molar-refractivity contribution is 5.86. The molecular formula is C24H21N3. The van der Waals surface area contributed by atoms with Crippen LogP contribution in [0.1, 0.15) is 28.3 Å². The molecule has 3 aromatic heterocycles. The number of hydrogen-bond donors (Lipinski definition) is 2. The number of aromatic nitrogens is 3. The van der Waals surface area contributed by atoms with E-state index in [1.54, 1.807) is 0 Å². The molecule has 5 rings (SSSR count). The number of H-pyrrole nitrogens is 2. The van der Waals surface area contributed by atoms with Crippen LogP contribution in [0.2, 0.25) is 0 Å². The van der Waals surface area contributed by atoms with Gasteiger partial charge in [-0.05, 0) is 54.3 Å². The normalized spacial score (nSPS) is 12.6. The van der Waals surface area contributed by atoms with E-state index in [4.69, 9.17) is 0 Å². The zero-order chi connectivity index (χ0) is 18.2. The third-order valence-corrected chi connectivity index (χ3v) is 5.50. The maximum atomic E-state index is 4.23. The van der Waals surface area contributed by atoms with Crippen molar-refractivity contribution in [3.05, 3.63) is 102 Å². The summed E-state index contributed by atoms with van der Waals surface area (Å²) in [5.74, 6) is 0.267. The molecule has 2 N–H and O–H groups in total. The molecule has 0 aliphatic carbocycles. The average Bonchev–Trinajstić information content (AvgIpc) is 3.27. The van der Waals surface area contributed by atoms with E-state index in [0.29, 0.717) is 0 Å². The molecule has 1 atom stereocenters. The molecule has 0 aliphatic rings. The Morgan fingerprint density at radius 3 is 2.37 bits per heavy atom. The summed E-state index contributed by atoms with van der Waals surface area (Å²) in [4.78, 5) is 11.2. The van der Waals surface area contributed by atoms with Crippen LogP contribution in [0.15, 0.2) is 79.3 Å². The fourth-order valence-corrected chi connectivity index (χ4v) is 4.25. The van der Waals surface area contributed by atoms with E-state index in [-0.39, 0.29) is 5.92 Å². The van der Waals surface area contributed by atoms with Gasteiger partial charge in [0.25, 0.3) is 0 Å². The second-order valence-corrected chi connectivity index (χ2v) is 7.11. The van der Waals surface area contributed by atoms with Gasteiger partial charge in [0.15, 0.2) is 0 Å². The van der Waals surface area contributed by atoms with Crippen LogP contribution in [0.25, 0.3) is 21.8 Å². The van der Waals surface area contributed by atoms with Crippen LogP contribution in [0, 0.1) is 6.92 Å². The van der Waals surface area contributed by atoms with E-state index in [0.717, 1.165) is 6.42 Å². The molecular weight excluding hydrogens is 330 g/mol.